The number of nitro groups is 1. The van der Waals surface area contributed by atoms with Crippen LogP contribution in [0.3, 0.4) is 0 Å². The quantitative estimate of drug-likeness (QED) is 0.250. The van der Waals surface area contributed by atoms with E-state index in [0.717, 1.165) is 55.0 Å². The lowest BCUT2D eigenvalue weighted by Gasteiger charge is -2.40. The van der Waals surface area contributed by atoms with E-state index in [9.17, 15) is 24.8 Å². The summed E-state index contributed by atoms with van der Waals surface area (Å²) in [6.45, 7) is 6.51. The van der Waals surface area contributed by atoms with Crippen LogP contribution in [0.25, 0.3) is 0 Å². The molecule has 0 spiro atoms. The third kappa shape index (κ3) is 6.08. The Bertz CT molecular complexity index is 1280. The Hall–Kier alpha value is -4.02. The molecule has 1 unspecified atom stereocenters. The van der Waals surface area contributed by atoms with Gasteiger partial charge in [0.1, 0.15) is 0 Å². The van der Waals surface area contributed by atoms with Gasteiger partial charge in [-0.25, -0.2) is 0 Å². The summed E-state index contributed by atoms with van der Waals surface area (Å²) in [5.74, 6) is -0.474. The fraction of sp³-hybridized carbons (Fsp3) is 0.400. The van der Waals surface area contributed by atoms with Crippen molar-refractivity contribution in [3.05, 3.63) is 98.6 Å². The molecule has 1 saturated heterocycles. The van der Waals surface area contributed by atoms with Gasteiger partial charge < -0.3 is 25.1 Å². The molecular formula is C30H37N5O5. The van der Waals surface area contributed by atoms with Gasteiger partial charge in [-0.15, -0.1) is 0 Å². The zero-order chi connectivity index (χ0) is 28.9. The van der Waals surface area contributed by atoms with Gasteiger partial charge >= 0.3 is 0 Å². The van der Waals surface area contributed by atoms with E-state index in [0.29, 0.717) is 37.2 Å². The Morgan fingerprint density at radius 3 is 2.23 bits per heavy atom. The van der Waals surface area contributed by atoms with E-state index in [1.54, 1.807) is 24.1 Å². The predicted molar refractivity (Wildman–Crippen MR) is 152 cm³/mol. The number of hydrogen-bond acceptors (Lipinski definition) is 7. The average Bonchev–Trinajstić information content (AvgIpc) is 2.96. The van der Waals surface area contributed by atoms with Crippen molar-refractivity contribution in [1.82, 2.24) is 20.0 Å². The van der Waals surface area contributed by atoms with Gasteiger partial charge in [-0.3, -0.25) is 19.7 Å². The maximum atomic E-state index is 12.5. The minimum Gasteiger partial charge on any atom is -0.385 e. The van der Waals surface area contributed by atoms with Crippen LogP contribution in [-0.2, 0) is 15.2 Å². The predicted octanol–water partition coefficient (Wildman–Crippen LogP) is 3.66. The molecule has 10 heteroatoms. The van der Waals surface area contributed by atoms with Crippen LogP contribution in [0.15, 0.2) is 77.4 Å². The molecule has 0 aliphatic carbocycles. The minimum absolute atomic E-state index is 0.0288. The maximum Gasteiger partial charge on any atom is 0.269 e. The van der Waals surface area contributed by atoms with E-state index in [-0.39, 0.29) is 5.69 Å². The molecule has 4 rings (SSSR count). The Balaban J connectivity index is 1.49. The van der Waals surface area contributed by atoms with Crippen LogP contribution in [0.4, 0.5) is 5.69 Å². The zero-order valence-electron chi connectivity index (χ0n) is 23.2. The number of nitrogens with one attached hydrogen (secondary N) is 1. The summed E-state index contributed by atoms with van der Waals surface area (Å²) >= 11 is 0. The van der Waals surface area contributed by atoms with Crippen molar-refractivity contribution >= 4 is 18.5 Å². The van der Waals surface area contributed by atoms with Gasteiger partial charge in [0.15, 0.2) is 0 Å². The third-order valence-electron chi connectivity index (χ3n) is 7.97. The number of carbonyl (C=O) groups is 2. The lowest BCUT2D eigenvalue weighted by atomic mass is 9.84. The Kier molecular flexibility index (Phi) is 9.01. The lowest BCUT2D eigenvalue weighted by Crippen LogP contribution is -2.43. The first-order chi connectivity index (χ1) is 19.2. The number of non-ortho nitro benzene ring substituents is 1. The Morgan fingerprint density at radius 1 is 1.02 bits per heavy atom. The van der Waals surface area contributed by atoms with E-state index in [4.69, 9.17) is 0 Å². The summed E-state index contributed by atoms with van der Waals surface area (Å²) in [4.78, 5) is 40.5. The minimum atomic E-state index is -0.814. The molecule has 2 aromatic rings. The molecule has 40 heavy (non-hydrogen) atoms. The molecule has 2 heterocycles. The second-order valence-electron chi connectivity index (χ2n) is 10.5. The van der Waals surface area contributed by atoms with Crippen LogP contribution in [0.2, 0.25) is 0 Å². The number of nitro benzene ring substituents is 1. The summed E-state index contributed by atoms with van der Waals surface area (Å²) in [5, 5.41) is 25.7. The molecule has 2 aromatic carbocycles. The van der Waals surface area contributed by atoms with E-state index in [2.05, 4.69) is 10.2 Å². The van der Waals surface area contributed by atoms with Crippen LogP contribution in [0.5, 0.6) is 0 Å². The van der Waals surface area contributed by atoms with Gasteiger partial charge in [0.25, 0.3) is 5.69 Å². The molecule has 1 atom stereocenters. The topological polar surface area (TPSA) is 119 Å². The normalized spacial score (nSPS) is 19.1. The molecule has 2 aliphatic rings. The number of aliphatic hydroxyl groups is 1. The maximum absolute atomic E-state index is 12.5. The van der Waals surface area contributed by atoms with Crippen molar-refractivity contribution in [2.45, 2.75) is 44.6 Å². The fourth-order valence-corrected chi connectivity index (χ4v) is 5.86. The number of carbonyl (C=O) groups excluding carboxylic acids is 2. The second kappa shape index (κ2) is 12.4. The molecule has 2 aliphatic heterocycles. The lowest BCUT2D eigenvalue weighted by molar-refractivity contribution is -0.384. The van der Waals surface area contributed by atoms with Crippen molar-refractivity contribution in [2.75, 3.05) is 33.2 Å². The molecule has 0 radical (unpaired) electrons. The first-order valence-electron chi connectivity index (χ1n) is 13.5. The molecule has 1 fully saturated rings. The number of likely N-dealkylation sites (tertiary alicyclic amines) is 1. The molecule has 2 amide bonds. The number of nitrogens with zero attached hydrogens (tertiary/aromatic N) is 4. The van der Waals surface area contributed by atoms with E-state index < -0.39 is 16.4 Å². The summed E-state index contributed by atoms with van der Waals surface area (Å²) in [6.07, 6.45) is 3.54. The van der Waals surface area contributed by atoms with E-state index in [1.165, 1.54) is 17.0 Å². The standard InChI is InChI=1S/C30H37N5O5/c1-22-28(32(3)20-36)27(24-10-12-26(13-11-24)35(39)40)29(23(2)31-22)34(21-37)17-7-16-33-18-14-30(38,15-19-33)25-8-5-4-6-9-25/h4-6,8-13,20-21,27,31,38H,7,14-19H2,1-3H3. The highest BCUT2D eigenvalue weighted by atomic mass is 16.6. The molecule has 10 nitrogen and oxygen atoms in total. The smallest absolute Gasteiger partial charge is 0.269 e. The SMILES string of the molecule is CC1=C(N(C)C=O)C(c2ccc([N+](=O)[O-])cc2)C(N(C=O)CCCN2CCC(O)(c3ccccc3)CC2)=C(C)N1. The van der Waals surface area contributed by atoms with Gasteiger partial charge in [-0.05, 0) is 50.8 Å². The number of allylic oxidation sites excluding steroid dienone is 2. The average molecular weight is 548 g/mol. The molecule has 0 bridgehead atoms. The second-order valence-corrected chi connectivity index (χ2v) is 10.5. The van der Waals surface area contributed by atoms with Crippen molar-refractivity contribution in [1.29, 1.82) is 0 Å². The Morgan fingerprint density at radius 2 is 1.65 bits per heavy atom. The highest BCUT2D eigenvalue weighted by Crippen LogP contribution is 2.40. The van der Waals surface area contributed by atoms with E-state index >= 15 is 0 Å². The van der Waals surface area contributed by atoms with Gasteiger partial charge in [-0.2, -0.15) is 0 Å². The van der Waals surface area contributed by atoms with Crippen LogP contribution in [0, 0.1) is 10.1 Å². The van der Waals surface area contributed by atoms with Crippen molar-refractivity contribution in [3.8, 4) is 0 Å². The monoisotopic (exact) mass is 547 g/mol. The van der Waals surface area contributed by atoms with Crippen molar-refractivity contribution < 1.29 is 19.6 Å². The number of piperidine rings is 1. The highest BCUT2D eigenvalue weighted by molar-refractivity contribution is 5.60. The first-order valence-corrected chi connectivity index (χ1v) is 13.5. The molecule has 212 valence electrons. The Labute approximate surface area is 234 Å². The zero-order valence-corrected chi connectivity index (χ0v) is 23.2. The fourth-order valence-electron chi connectivity index (χ4n) is 5.86. The number of likely N-dealkylation sites (N-methyl/N-ethyl adjacent to an activating group) is 1. The third-order valence-corrected chi connectivity index (χ3v) is 7.97. The van der Waals surface area contributed by atoms with Gasteiger partial charge in [0, 0.05) is 50.2 Å². The van der Waals surface area contributed by atoms with Gasteiger partial charge in [-0.1, -0.05) is 42.5 Å². The number of rotatable bonds is 11. The van der Waals surface area contributed by atoms with Crippen molar-refractivity contribution in [3.63, 3.8) is 0 Å². The number of amides is 2. The molecular weight excluding hydrogens is 510 g/mol. The summed E-state index contributed by atoms with van der Waals surface area (Å²) in [6, 6.07) is 16.0. The summed E-state index contributed by atoms with van der Waals surface area (Å²) in [5.41, 5.74) is 3.77. The summed E-state index contributed by atoms with van der Waals surface area (Å²) < 4.78 is 0. The van der Waals surface area contributed by atoms with Crippen LogP contribution in [-0.4, -0.2) is 70.8 Å². The first kappa shape index (κ1) is 29.0. The molecule has 2 N–H and O–H groups in total. The van der Waals surface area contributed by atoms with E-state index in [1.807, 2.05) is 44.2 Å². The van der Waals surface area contributed by atoms with Crippen LogP contribution in [0.1, 0.15) is 50.2 Å². The van der Waals surface area contributed by atoms with Crippen LogP contribution < -0.4 is 5.32 Å². The van der Waals surface area contributed by atoms with Gasteiger partial charge in [0.05, 0.1) is 27.8 Å². The number of hydrogen-bond donors (Lipinski definition) is 2. The number of benzene rings is 2. The summed E-state index contributed by atoms with van der Waals surface area (Å²) in [7, 11) is 1.66. The molecule has 0 aromatic heterocycles. The highest BCUT2D eigenvalue weighted by Gasteiger charge is 2.36. The van der Waals surface area contributed by atoms with Gasteiger partial charge in [0.2, 0.25) is 12.8 Å². The van der Waals surface area contributed by atoms with Crippen molar-refractivity contribution in [2.24, 2.45) is 0 Å². The number of dihydropyridines is 1. The van der Waals surface area contributed by atoms with Crippen LogP contribution >= 0.6 is 0 Å². The largest absolute Gasteiger partial charge is 0.385 e. The molecule has 0 saturated carbocycles.